The molecule has 2 atom stereocenters. The quantitative estimate of drug-likeness (QED) is 0.869. The van der Waals surface area contributed by atoms with E-state index in [2.05, 4.69) is 4.72 Å². The number of sulfonamides is 1. The number of hydrogen-bond acceptors (Lipinski definition) is 4. The highest BCUT2D eigenvalue weighted by Crippen LogP contribution is 2.29. The maximum Gasteiger partial charge on any atom is 0.250 e. The van der Waals surface area contributed by atoms with Gasteiger partial charge in [0.1, 0.15) is 4.21 Å². The van der Waals surface area contributed by atoms with Crippen LogP contribution in [0.1, 0.15) is 25.7 Å². The van der Waals surface area contributed by atoms with Gasteiger partial charge in [0.15, 0.2) is 0 Å². The Bertz CT molecular complexity index is 456. The summed E-state index contributed by atoms with van der Waals surface area (Å²) in [4.78, 5) is 0. The topological polar surface area (TPSA) is 66.4 Å². The van der Waals surface area contributed by atoms with Crippen molar-refractivity contribution in [2.75, 3.05) is 13.2 Å². The van der Waals surface area contributed by atoms with Crippen molar-refractivity contribution in [3.8, 4) is 0 Å². The van der Waals surface area contributed by atoms with Crippen LogP contribution in [0.3, 0.4) is 0 Å². The van der Waals surface area contributed by atoms with E-state index in [-0.39, 0.29) is 18.4 Å². The first kappa shape index (κ1) is 14.0. The van der Waals surface area contributed by atoms with Crippen LogP contribution in [0.5, 0.6) is 0 Å². The van der Waals surface area contributed by atoms with Crippen molar-refractivity contribution >= 4 is 21.4 Å². The predicted octanol–water partition coefficient (Wildman–Crippen LogP) is 1.83. The average Bonchev–Trinajstić information content (AvgIpc) is 2.91. The number of hydrogen-bond donors (Lipinski definition) is 2. The minimum Gasteiger partial charge on any atom is -0.396 e. The molecule has 18 heavy (non-hydrogen) atoms. The van der Waals surface area contributed by atoms with E-state index >= 15 is 0 Å². The molecule has 1 aliphatic rings. The van der Waals surface area contributed by atoms with Gasteiger partial charge in [-0.25, -0.2) is 13.1 Å². The van der Waals surface area contributed by atoms with Crippen molar-refractivity contribution in [3.63, 3.8) is 0 Å². The molecule has 2 rings (SSSR count). The third kappa shape index (κ3) is 3.32. The Morgan fingerprint density at radius 2 is 2.06 bits per heavy atom. The Morgan fingerprint density at radius 1 is 1.33 bits per heavy atom. The molecule has 0 spiro atoms. The molecule has 1 saturated carbocycles. The lowest BCUT2D eigenvalue weighted by molar-refractivity contribution is 0.136. The molecule has 1 heterocycles. The van der Waals surface area contributed by atoms with Crippen LogP contribution in [0.4, 0.5) is 0 Å². The van der Waals surface area contributed by atoms with Gasteiger partial charge in [0.05, 0.1) is 0 Å². The molecule has 0 aromatic carbocycles. The molecule has 1 aromatic rings. The number of nitrogens with one attached hydrogen (secondary N) is 1. The Morgan fingerprint density at radius 3 is 2.67 bits per heavy atom. The fourth-order valence-corrected chi connectivity index (χ4v) is 4.63. The van der Waals surface area contributed by atoms with E-state index in [1.54, 1.807) is 17.5 Å². The summed E-state index contributed by atoms with van der Waals surface area (Å²) in [7, 11) is -3.36. The molecular formula is C12H19NO3S2. The van der Waals surface area contributed by atoms with Gasteiger partial charge >= 0.3 is 0 Å². The number of aliphatic hydroxyl groups excluding tert-OH is 1. The summed E-state index contributed by atoms with van der Waals surface area (Å²) < 4.78 is 27.0. The van der Waals surface area contributed by atoms with Gasteiger partial charge in [0.2, 0.25) is 10.0 Å². The molecule has 0 amide bonds. The summed E-state index contributed by atoms with van der Waals surface area (Å²) in [5, 5.41) is 11.1. The van der Waals surface area contributed by atoms with Gasteiger partial charge in [-0.2, -0.15) is 0 Å². The van der Waals surface area contributed by atoms with Gasteiger partial charge in [-0.05, 0) is 36.1 Å². The minimum absolute atomic E-state index is 0.158. The number of thiophene rings is 1. The van der Waals surface area contributed by atoms with Crippen LogP contribution in [-0.4, -0.2) is 26.7 Å². The fraction of sp³-hybridized carbons (Fsp3) is 0.667. The smallest absolute Gasteiger partial charge is 0.250 e. The third-order valence-electron chi connectivity index (χ3n) is 3.60. The van der Waals surface area contributed by atoms with Gasteiger partial charge in [-0.1, -0.05) is 18.9 Å². The first-order valence-corrected chi connectivity index (χ1v) is 8.64. The highest BCUT2D eigenvalue weighted by atomic mass is 32.2. The zero-order valence-electron chi connectivity index (χ0n) is 10.2. The highest BCUT2D eigenvalue weighted by molar-refractivity contribution is 7.91. The first-order valence-electron chi connectivity index (χ1n) is 6.27. The first-order chi connectivity index (χ1) is 8.63. The van der Waals surface area contributed by atoms with Crippen molar-refractivity contribution in [3.05, 3.63) is 17.5 Å². The molecule has 0 bridgehead atoms. The lowest BCUT2D eigenvalue weighted by atomic mass is 9.80. The van der Waals surface area contributed by atoms with E-state index in [1.165, 1.54) is 11.3 Å². The minimum atomic E-state index is -3.36. The van der Waals surface area contributed by atoms with E-state index in [1.807, 2.05) is 0 Å². The Labute approximate surface area is 112 Å². The van der Waals surface area contributed by atoms with Crippen LogP contribution in [0.25, 0.3) is 0 Å². The number of rotatable bonds is 5. The zero-order chi connectivity index (χ0) is 13.0. The van der Waals surface area contributed by atoms with Crippen LogP contribution in [0, 0.1) is 11.8 Å². The maximum absolute atomic E-state index is 12.0. The van der Waals surface area contributed by atoms with E-state index < -0.39 is 10.0 Å². The SMILES string of the molecule is O=S(=O)(NCC1CCCCC1CO)c1cccs1. The monoisotopic (exact) mass is 289 g/mol. The largest absolute Gasteiger partial charge is 0.396 e. The van der Waals surface area contributed by atoms with Gasteiger partial charge in [-0.3, -0.25) is 0 Å². The van der Waals surface area contributed by atoms with Crippen LogP contribution < -0.4 is 4.72 Å². The van der Waals surface area contributed by atoms with Crippen molar-refractivity contribution < 1.29 is 13.5 Å². The van der Waals surface area contributed by atoms with Crippen LogP contribution in [-0.2, 0) is 10.0 Å². The van der Waals surface area contributed by atoms with Gasteiger partial charge < -0.3 is 5.11 Å². The molecule has 1 fully saturated rings. The van der Waals surface area contributed by atoms with E-state index in [0.717, 1.165) is 25.7 Å². The Kier molecular flexibility index (Phi) is 4.77. The van der Waals surface area contributed by atoms with Gasteiger partial charge in [0.25, 0.3) is 0 Å². The molecule has 2 N–H and O–H groups in total. The molecule has 4 nitrogen and oxygen atoms in total. The highest BCUT2D eigenvalue weighted by Gasteiger charge is 2.26. The molecule has 102 valence electrons. The van der Waals surface area contributed by atoms with Crippen molar-refractivity contribution in [1.29, 1.82) is 0 Å². The van der Waals surface area contributed by atoms with E-state index in [0.29, 0.717) is 10.8 Å². The van der Waals surface area contributed by atoms with E-state index in [4.69, 9.17) is 0 Å². The molecule has 2 unspecified atom stereocenters. The normalized spacial score (nSPS) is 25.2. The fourth-order valence-electron chi connectivity index (χ4n) is 2.50. The lowest BCUT2D eigenvalue weighted by Crippen LogP contribution is -2.35. The summed E-state index contributed by atoms with van der Waals surface area (Å²) in [6.45, 7) is 0.594. The summed E-state index contributed by atoms with van der Waals surface area (Å²) in [6.07, 6.45) is 4.27. The summed E-state index contributed by atoms with van der Waals surface area (Å²) in [5.41, 5.74) is 0. The van der Waals surface area contributed by atoms with Crippen LogP contribution in [0.15, 0.2) is 21.7 Å². The molecule has 1 aliphatic carbocycles. The number of aliphatic hydroxyl groups is 1. The second-order valence-electron chi connectivity index (χ2n) is 4.77. The maximum atomic E-state index is 12.0. The summed E-state index contributed by atoms with van der Waals surface area (Å²) in [5.74, 6) is 0.503. The van der Waals surface area contributed by atoms with Crippen LogP contribution in [0.2, 0.25) is 0 Å². The summed E-state index contributed by atoms with van der Waals surface area (Å²) >= 11 is 1.22. The molecule has 0 radical (unpaired) electrons. The molecular weight excluding hydrogens is 270 g/mol. The molecule has 0 saturated heterocycles. The molecule has 1 aromatic heterocycles. The van der Waals surface area contributed by atoms with Crippen molar-refractivity contribution in [2.24, 2.45) is 11.8 Å². The lowest BCUT2D eigenvalue weighted by Gasteiger charge is -2.30. The Hall–Kier alpha value is -0.430. The van der Waals surface area contributed by atoms with Crippen molar-refractivity contribution in [2.45, 2.75) is 29.9 Å². The standard InChI is InChI=1S/C12H19NO3S2/c14-9-11-5-2-1-4-10(11)8-13-18(15,16)12-6-3-7-17-12/h3,6-7,10-11,13-14H,1-2,4-5,8-9H2. The summed E-state index contributed by atoms with van der Waals surface area (Å²) in [6, 6.07) is 3.34. The van der Waals surface area contributed by atoms with Gasteiger partial charge in [0, 0.05) is 13.2 Å². The molecule has 6 heteroatoms. The predicted molar refractivity (Wildman–Crippen MR) is 72.0 cm³/mol. The second kappa shape index (κ2) is 6.14. The molecule has 0 aliphatic heterocycles. The van der Waals surface area contributed by atoms with Crippen LogP contribution >= 0.6 is 11.3 Å². The van der Waals surface area contributed by atoms with Crippen molar-refractivity contribution in [1.82, 2.24) is 4.72 Å². The second-order valence-corrected chi connectivity index (χ2v) is 7.71. The van der Waals surface area contributed by atoms with E-state index in [9.17, 15) is 13.5 Å². The van der Waals surface area contributed by atoms with Gasteiger partial charge in [-0.15, -0.1) is 11.3 Å². The third-order valence-corrected chi connectivity index (χ3v) is 6.42. The average molecular weight is 289 g/mol. The zero-order valence-corrected chi connectivity index (χ0v) is 11.8. The Balaban J connectivity index is 1.94.